The van der Waals surface area contributed by atoms with Gasteiger partial charge in [0.2, 0.25) is 0 Å². The predicted molar refractivity (Wildman–Crippen MR) is 81.9 cm³/mol. The number of carbonyl (C=O) groups is 1. The van der Waals surface area contributed by atoms with Gasteiger partial charge in [-0.15, -0.1) is 0 Å². The summed E-state index contributed by atoms with van der Waals surface area (Å²) in [5.41, 5.74) is 1.96. The smallest absolute Gasteiger partial charge is 0.251 e. The SMILES string of the molecule is CNC(=O)c1cccc(CCNC2CCCSC2)c1. The van der Waals surface area contributed by atoms with Crippen LogP contribution in [0.3, 0.4) is 0 Å². The van der Waals surface area contributed by atoms with Gasteiger partial charge in [0.25, 0.3) is 5.91 Å². The molecule has 1 aromatic carbocycles. The Hall–Kier alpha value is -1.00. The minimum atomic E-state index is -0.0153. The lowest BCUT2D eigenvalue weighted by atomic mass is 10.1. The van der Waals surface area contributed by atoms with Gasteiger partial charge in [-0.05, 0) is 49.3 Å². The van der Waals surface area contributed by atoms with Crippen LogP contribution in [0.1, 0.15) is 28.8 Å². The molecule has 2 N–H and O–H groups in total. The second kappa shape index (κ2) is 7.56. The second-order valence-corrected chi connectivity index (χ2v) is 6.05. The zero-order valence-corrected chi connectivity index (χ0v) is 12.3. The van der Waals surface area contributed by atoms with Crippen LogP contribution in [0.25, 0.3) is 0 Å². The van der Waals surface area contributed by atoms with Gasteiger partial charge < -0.3 is 10.6 Å². The van der Waals surface area contributed by atoms with E-state index in [0.29, 0.717) is 6.04 Å². The first kappa shape index (κ1) is 14.4. The van der Waals surface area contributed by atoms with Crippen molar-refractivity contribution in [1.29, 1.82) is 0 Å². The van der Waals surface area contributed by atoms with Crippen molar-refractivity contribution in [2.75, 3.05) is 25.1 Å². The summed E-state index contributed by atoms with van der Waals surface area (Å²) < 4.78 is 0. The lowest BCUT2D eigenvalue weighted by Gasteiger charge is -2.22. The van der Waals surface area contributed by atoms with Crippen molar-refractivity contribution in [2.45, 2.75) is 25.3 Å². The maximum absolute atomic E-state index is 11.6. The monoisotopic (exact) mass is 278 g/mol. The van der Waals surface area contributed by atoms with Crippen LogP contribution in [0.15, 0.2) is 24.3 Å². The van der Waals surface area contributed by atoms with E-state index in [0.717, 1.165) is 18.5 Å². The minimum Gasteiger partial charge on any atom is -0.355 e. The van der Waals surface area contributed by atoms with Crippen LogP contribution in [0.4, 0.5) is 0 Å². The van der Waals surface area contributed by atoms with Gasteiger partial charge in [-0.1, -0.05) is 12.1 Å². The van der Waals surface area contributed by atoms with Crippen molar-refractivity contribution < 1.29 is 4.79 Å². The number of thioether (sulfide) groups is 1. The molecule has 1 unspecified atom stereocenters. The first-order chi connectivity index (χ1) is 9.29. The van der Waals surface area contributed by atoms with Gasteiger partial charge in [0, 0.05) is 24.4 Å². The Labute approximate surface area is 119 Å². The Balaban J connectivity index is 1.80. The van der Waals surface area contributed by atoms with Gasteiger partial charge in [0.1, 0.15) is 0 Å². The first-order valence-corrected chi connectivity index (χ1v) is 8.07. The molecule has 0 bridgehead atoms. The van der Waals surface area contributed by atoms with Crippen molar-refractivity contribution in [3.05, 3.63) is 35.4 Å². The molecular formula is C15H22N2OS. The Kier molecular flexibility index (Phi) is 5.73. The first-order valence-electron chi connectivity index (χ1n) is 6.92. The molecule has 0 aliphatic carbocycles. The molecule has 1 aliphatic rings. The molecular weight excluding hydrogens is 256 g/mol. The zero-order chi connectivity index (χ0) is 13.5. The number of hydrogen-bond acceptors (Lipinski definition) is 3. The summed E-state index contributed by atoms with van der Waals surface area (Å²) in [5, 5.41) is 6.27. The number of hydrogen-bond donors (Lipinski definition) is 2. The molecule has 1 amide bonds. The van der Waals surface area contributed by atoms with E-state index in [-0.39, 0.29) is 5.91 Å². The summed E-state index contributed by atoms with van der Waals surface area (Å²) in [6.45, 7) is 0.989. The molecule has 19 heavy (non-hydrogen) atoms. The molecule has 4 heteroatoms. The van der Waals surface area contributed by atoms with E-state index in [2.05, 4.69) is 16.7 Å². The highest BCUT2D eigenvalue weighted by Gasteiger charge is 2.12. The number of rotatable bonds is 5. The lowest BCUT2D eigenvalue weighted by molar-refractivity contribution is 0.0963. The van der Waals surface area contributed by atoms with E-state index in [4.69, 9.17) is 0 Å². The third-order valence-corrected chi connectivity index (χ3v) is 4.64. The van der Waals surface area contributed by atoms with Crippen LogP contribution in [-0.2, 0) is 6.42 Å². The Morgan fingerprint density at radius 3 is 3.11 bits per heavy atom. The molecule has 0 spiro atoms. The van der Waals surface area contributed by atoms with E-state index in [1.54, 1.807) is 7.05 Å². The number of carbonyl (C=O) groups excluding carboxylic acids is 1. The van der Waals surface area contributed by atoms with Gasteiger partial charge >= 0.3 is 0 Å². The largest absolute Gasteiger partial charge is 0.355 e. The highest BCUT2D eigenvalue weighted by molar-refractivity contribution is 7.99. The van der Waals surface area contributed by atoms with Gasteiger partial charge in [-0.25, -0.2) is 0 Å². The highest BCUT2D eigenvalue weighted by atomic mass is 32.2. The molecule has 0 radical (unpaired) electrons. The third kappa shape index (κ3) is 4.55. The van der Waals surface area contributed by atoms with Crippen LogP contribution in [0.5, 0.6) is 0 Å². The predicted octanol–water partition coefficient (Wildman–Crippen LogP) is 2.07. The Morgan fingerprint density at radius 2 is 2.37 bits per heavy atom. The fourth-order valence-corrected chi connectivity index (χ4v) is 3.44. The van der Waals surface area contributed by atoms with Crippen LogP contribution < -0.4 is 10.6 Å². The fraction of sp³-hybridized carbons (Fsp3) is 0.533. The van der Waals surface area contributed by atoms with Crippen LogP contribution in [0, 0.1) is 0 Å². The summed E-state index contributed by atoms with van der Waals surface area (Å²) in [7, 11) is 1.66. The van der Waals surface area contributed by atoms with E-state index < -0.39 is 0 Å². The number of amides is 1. The van der Waals surface area contributed by atoms with Crippen LogP contribution >= 0.6 is 11.8 Å². The Morgan fingerprint density at radius 1 is 1.47 bits per heavy atom. The van der Waals surface area contributed by atoms with E-state index >= 15 is 0 Å². The van der Waals surface area contributed by atoms with Crippen LogP contribution in [0.2, 0.25) is 0 Å². The molecule has 1 aromatic rings. The van der Waals surface area contributed by atoms with Gasteiger partial charge in [0.15, 0.2) is 0 Å². The topological polar surface area (TPSA) is 41.1 Å². The van der Waals surface area contributed by atoms with Crippen molar-refractivity contribution >= 4 is 17.7 Å². The summed E-state index contributed by atoms with van der Waals surface area (Å²) in [5.74, 6) is 2.53. The molecule has 0 aromatic heterocycles. The van der Waals surface area contributed by atoms with Crippen molar-refractivity contribution in [2.24, 2.45) is 0 Å². The van der Waals surface area contributed by atoms with Crippen molar-refractivity contribution in [1.82, 2.24) is 10.6 Å². The standard InChI is InChI=1S/C15H22N2OS/c1-16-15(18)13-5-2-4-12(10-13)7-8-17-14-6-3-9-19-11-14/h2,4-5,10,14,17H,3,6-9,11H2,1H3,(H,16,18). The summed E-state index contributed by atoms with van der Waals surface area (Å²) in [6.07, 6.45) is 3.60. The molecule has 1 heterocycles. The molecule has 1 fully saturated rings. The quantitative estimate of drug-likeness (QED) is 0.866. The van der Waals surface area contributed by atoms with Crippen LogP contribution in [-0.4, -0.2) is 37.0 Å². The van der Waals surface area contributed by atoms with E-state index in [1.165, 1.54) is 29.9 Å². The van der Waals surface area contributed by atoms with Gasteiger partial charge in [-0.2, -0.15) is 11.8 Å². The summed E-state index contributed by atoms with van der Waals surface area (Å²) >= 11 is 2.04. The maximum Gasteiger partial charge on any atom is 0.251 e. The molecule has 0 saturated carbocycles. The average molecular weight is 278 g/mol. The molecule has 3 nitrogen and oxygen atoms in total. The number of benzene rings is 1. The van der Waals surface area contributed by atoms with Gasteiger partial charge in [0.05, 0.1) is 0 Å². The minimum absolute atomic E-state index is 0.0153. The number of nitrogens with one attached hydrogen (secondary N) is 2. The Bertz CT molecular complexity index is 416. The zero-order valence-electron chi connectivity index (χ0n) is 11.4. The highest BCUT2D eigenvalue weighted by Crippen LogP contribution is 2.16. The third-order valence-electron chi connectivity index (χ3n) is 3.42. The molecule has 2 rings (SSSR count). The fourth-order valence-electron chi connectivity index (χ4n) is 2.33. The molecule has 1 saturated heterocycles. The molecule has 1 atom stereocenters. The van der Waals surface area contributed by atoms with Gasteiger partial charge in [-0.3, -0.25) is 4.79 Å². The van der Waals surface area contributed by atoms with E-state index in [9.17, 15) is 4.79 Å². The normalized spacial score (nSPS) is 19.1. The lowest BCUT2D eigenvalue weighted by Crippen LogP contribution is -2.35. The van der Waals surface area contributed by atoms with Crippen molar-refractivity contribution in [3.8, 4) is 0 Å². The molecule has 1 aliphatic heterocycles. The summed E-state index contributed by atoms with van der Waals surface area (Å²) in [4.78, 5) is 11.6. The maximum atomic E-state index is 11.6. The van der Waals surface area contributed by atoms with Crippen molar-refractivity contribution in [3.63, 3.8) is 0 Å². The summed E-state index contributed by atoms with van der Waals surface area (Å²) in [6, 6.07) is 8.55. The van der Waals surface area contributed by atoms with E-state index in [1.807, 2.05) is 30.0 Å². The second-order valence-electron chi connectivity index (χ2n) is 4.90. The average Bonchev–Trinajstić information content (AvgIpc) is 2.48. The molecule has 104 valence electrons.